The molecule has 0 bridgehead atoms. The lowest BCUT2D eigenvalue weighted by Crippen LogP contribution is -2.25. The maximum Gasteiger partial charge on any atom is 0.274 e. The molecule has 1 aromatic heterocycles. The fourth-order valence-electron chi connectivity index (χ4n) is 2.28. The largest absolute Gasteiger partial charge is 0.491 e. The summed E-state index contributed by atoms with van der Waals surface area (Å²) in [4.78, 5) is 12.3. The summed E-state index contributed by atoms with van der Waals surface area (Å²) in [5.41, 5.74) is -0.0905. The van der Waals surface area contributed by atoms with E-state index >= 15 is 0 Å². The Hall–Kier alpha value is -2.66. The molecule has 0 saturated heterocycles. The molecule has 1 heterocycles. The molecule has 118 valence electrons. The zero-order valence-electron chi connectivity index (χ0n) is 12.7. The van der Waals surface area contributed by atoms with Crippen molar-refractivity contribution in [2.45, 2.75) is 6.54 Å². The maximum absolute atomic E-state index is 12.3. The lowest BCUT2D eigenvalue weighted by Gasteiger charge is -2.08. The topological polar surface area (TPSA) is 53.4 Å². The molecule has 0 amide bonds. The van der Waals surface area contributed by atoms with E-state index in [1.165, 1.54) is 4.68 Å². The van der Waals surface area contributed by atoms with E-state index in [0.717, 1.165) is 11.1 Å². The molecule has 0 fully saturated rings. The second-order valence-corrected chi connectivity index (χ2v) is 5.03. The van der Waals surface area contributed by atoms with Gasteiger partial charge in [-0.3, -0.25) is 4.79 Å². The average molecular weight is 310 g/mol. The predicted molar refractivity (Wildman–Crippen MR) is 88.8 cm³/mol. The number of para-hydroxylation sites is 1. The van der Waals surface area contributed by atoms with Gasteiger partial charge in [-0.25, -0.2) is 4.68 Å². The minimum atomic E-state index is -0.0905. The van der Waals surface area contributed by atoms with Gasteiger partial charge >= 0.3 is 0 Å². The van der Waals surface area contributed by atoms with Gasteiger partial charge in [0.25, 0.3) is 5.56 Å². The van der Waals surface area contributed by atoms with Crippen LogP contribution in [0.25, 0.3) is 10.8 Å². The number of hydrogen-bond acceptors (Lipinski definition) is 4. The average Bonchev–Trinajstić information content (AvgIpc) is 2.61. The molecule has 2 aromatic carbocycles. The van der Waals surface area contributed by atoms with Crippen LogP contribution in [0.4, 0.5) is 0 Å². The first-order chi connectivity index (χ1) is 11.3. The van der Waals surface area contributed by atoms with Gasteiger partial charge in [0, 0.05) is 5.39 Å². The van der Waals surface area contributed by atoms with Crippen LogP contribution in [0.5, 0.6) is 5.75 Å². The van der Waals surface area contributed by atoms with Gasteiger partial charge in [0.05, 0.1) is 31.3 Å². The molecule has 0 aliphatic heterocycles. The van der Waals surface area contributed by atoms with E-state index in [-0.39, 0.29) is 5.56 Å². The molecule has 0 atom stereocenters. The number of aromatic nitrogens is 2. The van der Waals surface area contributed by atoms with Gasteiger partial charge in [-0.2, -0.15) is 5.10 Å². The molecule has 3 aromatic rings. The third kappa shape index (κ3) is 3.96. The highest BCUT2D eigenvalue weighted by atomic mass is 16.5. The molecule has 3 rings (SSSR count). The molecule has 0 N–H and O–H groups in total. The molecular formula is C18H18N2O3. The number of hydrogen-bond donors (Lipinski definition) is 0. The van der Waals surface area contributed by atoms with E-state index in [1.807, 2.05) is 54.6 Å². The maximum atomic E-state index is 12.3. The smallest absolute Gasteiger partial charge is 0.274 e. The predicted octanol–water partition coefficient (Wildman–Crippen LogP) is 2.49. The van der Waals surface area contributed by atoms with Crippen LogP contribution in [0.1, 0.15) is 0 Å². The monoisotopic (exact) mass is 310 g/mol. The van der Waals surface area contributed by atoms with Gasteiger partial charge in [0.15, 0.2) is 0 Å². The lowest BCUT2D eigenvalue weighted by atomic mass is 10.2. The summed E-state index contributed by atoms with van der Waals surface area (Å²) in [7, 11) is 0. The minimum Gasteiger partial charge on any atom is -0.491 e. The molecule has 0 saturated carbocycles. The number of nitrogens with zero attached hydrogens (tertiary/aromatic N) is 2. The van der Waals surface area contributed by atoms with E-state index < -0.39 is 0 Å². The molecule has 0 spiro atoms. The first-order valence-corrected chi connectivity index (χ1v) is 7.55. The minimum absolute atomic E-state index is 0.0905. The molecular weight excluding hydrogens is 292 g/mol. The van der Waals surface area contributed by atoms with Crippen molar-refractivity contribution < 1.29 is 9.47 Å². The quantitative estimate of drug-likeness (QED) is 0.629. The zero-order valence-corrected chi connectivity index (χ0v) is 12.7. The Kier molecular flexibility index (Phi) is 5.01. The van der Waals surface area contributed by atoms with Crippen molar-refractivity contribution in [1.82, 2.24) is 9.78 Å². The van der Waals surface area contributed by atoms with Crippen LogP contribution >= 0.6 is 0 Å². The van der Waals surface area contributed by atoms with Crippen molar-refractivity contribution in [1.29, 1.82) is 0 Å². The third-order valence-corrected chi connectivity index (χ3v) is 3.45. The number of benzene rings is 2. The van der Waals surface area contributed by atoms with Crippen molar-refractivity contribution in [3.63, 3.8) is 0 Å². The standard InChI is InChI=1S/C18H18N2O3/c21-18-17-9-5-4-6-15(17)14-19-20(18)10-11-22-12-13-23-16-7-2-1-3-8-16/h1-9,14H,10-13H2. The summed E-state index contributed by atoms with van der Waals surface area (Å²) in [5.74, 6) is 0.823. The number of fused-ring (bicyclic) bond motifs is 1. The number of ether oxygens (including phenoxy) is 2. The van der Waals surface area contributed by atoms with Crippen molar-refractivity contribution >= 4 is 10.8 Å². The van der Waals surface area contributed by atoms with Crippen LogP contribution in [0.2, 0.25) is 0 Å². The summed E-state index contributed by atoms with van der Waals surface area (Å²) in [6.45, 7) is 1.79. The molecule has 5 nitrogen and oxygen atoms in total. The van der Waals surface area contributed by atoms with Crippen LogP contribution in [0, 0.1) is 0 Å². The Balaban J connectivity index is 1.46. The summed E-state index contributed by atoms with van der Waals surface area (Å²) in [5, 5.41) is 5.69. The molecule has 0 unspecified atom stereocenters. The summed E-state index contributed by atoms with van der Waals surface area (Å²) in [6.07, 6.45) is 1.70. The fraction of sp³-hybridized carbons (Fsp3) is 0.222. The van der Waals surface area contributed by atoms with Crippen LogP contribution in [-0.2, 0) is 11.3 Å². The van der Waals surface area contributed by atoms with Crippen LogP contribution < -0.4 is 10.3 Å². The Bertz CT molecular complexity index is 815. The van der Waals surface area contributed by atoms with Gasteiger partial charge in [0.2, 0.25) is 0 Å². The molecule has 0 aliphatic carbocycles. The number of rotatable bonds is 7. The van der Waals surface area contributed by atoms with E-state index in [4.69, 9.17) is 9.47 Å². The summed E-state index contributed by atoms with van der Waals surface area (Å²) < 4.78 is 12.5. The van der Waals surface area contributed by atoms with Gasteiger partial charge < -0.3 is 9.47 Å². The second kappa shape index (κ2) is 7.56. The molecule has 0 radical (unpaired) electrons. The second-order valence-electron chi connectivity index (χ2n) is 5.03. The van der Waals surface area contributed by atoms with Crippen molar-refractivity contribution in [3.8, 4) is 5.75 Å². The van der Waals surface area contributed by atoms with Crippen molar-refractivity contribution in [2.24, 2.45) is 0 Å². The Morgan fingerprint density at radius 1 is 0.913 bits per heavy atom. The van der Waals surface area contributed by atoms with Gasteiger partial charge in [0.1, 0.15) is 12.4 Å². The lowest BCUT2D eigenvalue weighted by molar-refractivity contribution is 0.0920. The van der Waals surface area contributed by atoms with Crippen molar-refractivity contribution in [2.75, 3.05) is 19.8 Å². The van der Waals surface area contributed by atoms with E-state index in [0.29, 0.717) is 31.8 Å². The van der Waals surface area contributed by atoms with Gasteiger partial charge in [-0.1, -0.05) is 36.4 Å². The molecule has 0 aliphatic rings. The Morgan fingerprint density at radius 2 is 1.70 bits per heavy atom. The van der Waals surface area contributed by atoms with Gasteiger partial charge in [-0.05, 0) is 18.2 Å². The fourth-order valence-corrected chi connectivity index (χ4v) is 2.28. The third-order valence-electron chi connectivity index (χ3n) is 3.45. The van der Waals surface area contributed by atoms with Crippen molar-refractivity contribution in [3.05, 3.63) is 71.1 Å². The van der Waals surface area contributed by atoms with E-state index in [9.17, 15) is 4.79 Å². The van der Waals surface area contributed by atoms with Crippen LogP contribution in [0.3, 0.4) is 0 Å². The zero-order chi connectivity index (χ0) is 15.9. The SMILES string of the molecule is O=c1c2ccccc2cnn1CCOCCOc1ccccc1. The van der Waals surface area contributed by atoms with Crippen LogP contribution in [0.15, 0.2) is 65.6 Å². The normalized spacial score (nSPS) is 10.8. The first kappa shape index (κ1) is 15.2. The summed E-state index contributed by atoms with van der Waals surface area (Å²) >= 11 is 0. The highest BCUT2D eigenvalue weighted by Crippen LogP contribution is 2.08. The van der Waals surface area contributed by atoms with Crippen LogP contribution in [-0.4, -0.2) is 29.6 Å². The Morgan fingerprint density at radius 3 is 2.57 bits per heavy atom. The first-order valence-electron chi connectivity index (χ1n) is 7.55. The van der Waals surface area contributed by atoms with E-state index in [1.54, 1.807) is 6.20 Å². The highest BCUT2D eigenvalue weighted by molar-refractivity contribution is 5.80. The van der Waals surface area contributed by atoms with Gasteiger partial charge in [-0.15, -0.1) is 0 Å². The molecule has 23 heavy (non-hydrogen) atoms. The highest BCUT2D eigenvalue weighted by Gasteiger charge is 2.03. The molecule has 5 heteroatoms. The summed E-state index contributed by atoms with van der Waals surface area (Å²) in [6, 6.07) is 17.0. The Labute approximate surface area is 134 Å². The van der Waals surface area contributed by atoms with E-state index in [2.05, 4.69) is 5.10 Å².